The van der Waals surface area contributed by atoms with Crippen molar-refractivity contribution in [1.82, 2.24) is 31.9 Å². The van der Waals surface area contributed by atoms with Gasteiger partial charge in [-0.1, -0.05) is 30.3 Å². The van der Waals surface area contributed by atoms with Gasteiger partial charge in [-0.25, -0.2) is 4.79 Å². The number of hydrogen-bond acceptors (Lipinski definition) is 27. The third-order valence-electron chi connectivity index (χ3n) is 24.7. The van der Waals surface area contributed by atoms with E-state index >= 15 is 33.6 Å². The van der Waals surface area contributed by atoms with Crippen molar-refractivity contribution >= 4 is 53.2 Å². The minimum Gasteiger partial charge on any atom is -0.467 e. The number of amides is 6. The molecule has 596 valence electrons. The molecule has 106 heavy (non-hydrogen) atoms. The molecule has 8 aliphatic carbocycles. The van der Waals surface area contributed by atoms with Crippen molar-refractivity contribution in [3.63, 3.8) is 0 Å². The highest BCUT2D eigenvalue weighted by Crippen LogP contribution is 2.52. The number of benzene rings is 1. The van der Waals surface area contributed by atoms with Gasteiger partial charge >= 0.3 is 11.9 Å². The van der Waals surface area contributed by atoms with Gasteiger partial charge in [-0.05, 0) is 18.4 Å². The van der Waals surface area contributed by atoms with Crippen LogP contribution in [0.3, 0.4) is 0 Å². The Kier molecular flexibility index (Phi) is 27.4. The van der Waals surface area contributed by atoms with Crippen LogP contribution in [0.2, 0.25) is 0 Å². The summed E-state index contributed by atoms with van der Waals surface area (Å²) >= 11 is 0. The Morgan fingerprint density at radius 2 is 0.472 bits per heavy atom. The Hall–Kier alpha value is -5.99. The largest absolute Gasteiger partial charge is 0.467 e. The van der Waals surface area contributed by atoms with E-state index in [-0.39, 0.29) is 109 Å². The molecule has 1 aromatic rings. The molecular weight excluding hydrogens is 1390 g/mol. The lowest BCUT2D eigenvalue weighted by Crippen LogP contribution is -2.71. The summed E-state index contributed by atoms with van der Waals surface area (Å²) in [6.07, 6.45) is -17.6. The van der Waals surface area contributed by atoms with E-state index in [2.05, 4.69) is 31.9 Å². The Labute approximate surface area is 619 Å². The molecule has 8 saturated carbocycles. The Balaban J connectivity index is 1.12. The van der Waals surface area contributed by atoms with Gasteiger partial charge in [0.15, 0.2) is 11.2 Å². The fourth-order valence-electron chi connectivity index (χ4n) is 18.5. The van der Waals surface area contributed by atoms with Gasteiger partial charge in [0.2, 0.25) is 35.4 Å². The first-order valence-corrected chi connectivity index (χ1v) is 35.9. The van der Waals surface area contributed by atoms with Crippen LogP contribution >= 0.6 is 0 Å². The second kappa shape index (κ2) is 34.5. The lowest BCUT2D eigenvalue weighted by Gasteiger charge is -2.43. The first-order chi connectivity index (χ1) is 50.6. The van der Waals surface area contributed by atoms with Crippen LogP contribution in [0.25, 0.3) is 0 Å². The molecule has 0 radical (unpaired) electrons. The minimum atomic E-state index is -2.25. The fraction of sp³-hybridized carbons (Fsp3) is 0.795. The van der Waals surface area contributed by atoms with Crippen molar-refractivity contribution in [2.45, 2.75) is 240 Å². The summed E-state index contributed by atoms with van der Waals surface area (Å²) in [7, 11) is 23.9. The van der Waals surface area contributed by atoms with Crippen LogP contribution in [-0.4, -0.2) is 305 Å². The molecule has 9 rings (SSSR count). The second-order valence-electron chi connectivity index (χ2n) is 29.9. The minimum absolute atomic E-state index is 0.0763. The zero-order chi connectivity index (χ0) is 77.5. The molecular formula is C73H112N6O27. The van der Waals surface area contributed by atoms with Crippen LogP contribution in [-0.2, 0) is 135 Å². The molecule has 0 spiro atoms. The number of Topliss-reactive ketones (excluding diaryl/α,β-unsaturated/α-hetero) is 1. The van der Waals surface area contributed by atoms with Crippen LogP contribution in [0.15, 0.2) is 30.3 Å². The first kappa shape index (κ1) is 84.0. The standard InChI is InChI=1S/C73H112N6O27/c1-89-41-23-66(24-42(41)90-2,58(81)74-70(31-49(97-9)50(32-70)98-10)63(86)79-73(65(88)105-17)37-55(103-15)56(38-73)104-16)57(80)68(27-45(93-5)46(28-68)94-6)76-60(83)71(33-51(99-11)52(34-71)100-12)78-62(85)72(35-53(101-13)54(36-72)102-14)77-61(84)69(29-47(95-7)48(30-69)96-8)75-59(82)67(25-43(91-3)44(26-67)92-4)64(87)106-39-40-21-19-18-20-22-40/h18-22,41-56H,23-39H2,1-17H3,(H,74,81)(H,75,82)(H,76,83)(H,77,84)(H,78,85)(H,79,86). The molecule has 0 heterocycles. The summed E-state index contributed by atoms with van der Waals surface area (Å²) in [5.74, 6) is -8.05. The second-order valence-corrected chi connectivity index (χ2v) is 29.9. The van der Waals surface area contributed by atoms with Crippen LogP contribution in [0.1, 0.15) is 108 Å². The van der Waals surface area contributed by atoms with Gasteiger partial charge in [-0.3, -0.25) is 38.4 Å². The summed E-state index contributed by atoms with van der Waals surface area (Å²) in [6.45, 7) is -0.189. The zero-order valence-corrected chi connectivity index (χ0v) is 64.2. The number of carbonyl (C=O) groups is 9. The third-order valence-corrected chi connectivity index (χ3v) is 24.7. The molecule has 6 N–H and O–H groups in total. The molecule has 0 aliphatic heterocycles. The van der Waals surface area contributed by atoms with Crippen molar-refractivity contribution < 1.29 is 128 Å². The molecule has 1 aromatic carbocycles. The Morgan fingerprint density at radius 3 is 0.736 bits per heavy atom. The molecule has 8 fully saturated rings. The van der Waals surface area contributed by atoms with Crippen molar-refractivity contribution in [2.75, 3.05) is 121 Å². The zero-order valence-electron chi connectivity index (χ0n) is 64.2. The lowest BCUT2D eigenvalue weighted by molar-refractivity contribution is -0.164. The number of methoxy groups -OCH3 is 17. The molecule has 6 amide bonds. The molecule has 8 aliphatic rings. The van der Waals surface area contributed by atoms with Crippen molar-refractivity contribution in [3.8, 4) is 0 Å². The van der Waals surface area contributed by atoms with E-state index in [4.69, 9.17) is 85.3 Å². The van der Waals surface area contributed by atoms with Crippen molar-refractivity contribution in [3.05, 3.63) is 35.9 Å². The maximum Gasteiger partial charge on any atom is 0.331 e. The van der Waals surface area contributed by atoms with E-state index in [1.54, 1.807) is 30.3 Å². The Morgan fingerprint density at radius 1 is 0.264 bits per heavy atom. The van der Waals surface area contributed by atoms with E-state index < -0.39 is 195 Å². The molecule has 16 unspecified atom stereocenters. The van der Waals surface area contributed by atoms with Gasteiger partial charge < -0.3 is 117 Å². The molecule has 16 atom stereocenters. The number of ether oxygens (including phenoxy) is 18. The van der Waals surface area contributed by atoms with E-state index in [1.807, 2.05) is 0 Å². The lowest BCUT2D eigenvalue weighted by atomic mass is 9.70. The normalized spacial score (nSPS) is 39.7. The summed E-state index contributed by atoms with van der Waals surface area (Å²) in [5.41, 5.74) is -15.7. The van der Waals surface area contributed by atoms with E-state index in [0.717, 1.165) is 0 Å². The van der Waals surface area contributed by atoms with Gasteiger partial charge in [-0.15, -0.1) is 0 Å². The smallest absolute Gasteiger partial charge is 0.331 e. The van der Waals surface area contributed by atoms with Gasteiger partial charge in [0.1, 0.15) is 45.3 Å². The van der Waals surface area contributed by atoms with Gasteiger partial charge in [0.25, 0.3) is 0 Å². The summed E-state index contributed by atoms with van der Waals surface area (Å²) in [5, 5.41) is 18.2. The first-order valence-electron chi connectivity index (χ1n) is 35.9. The topological polar surface area (TPSA) is 392 Å². The van der Waals surface area contributed by atoms with Crippen molar-refractivity contribution in [1.29, 1.82) is 0 Å². The number of rotatable bonds is 34. The molecule has 33 heteroatoms. The average Bonchev–Trinajstić information content (AvgIpc) is 1.39. The maximum atomic E-state index is 17.1. The average molecular weight is 1510 g/mol. The fourth-order valence-corrected chi connectivity index (χ4v) is 18.5. The number of ketones is 1. The predicted molar refractivity (Wildman–Crippen MR) is 370 cm³/mol. The maximum absolute atomic E-state index is 17.1. The van der Waals surface area contributed by atoms with Crippen LogP contribution in [0.5, 0.6) is 0 Å². The molecule has 0 saturated heterocycles. The van der Waals surface area contributed by atoms with Gasteiger partial charge in [-0.2, -0.15) is 0 Å². The monoisotopic (exact) mass is 1500 g/mol. The molecule has 0 bridgehead atoms. The molecule has 0 aromatic heterocycles. The molecule has 33 nitrogen and oxygen atoms in total. The third kappa shape index (κ3) is 15.6. The van der Waals surface area contributed by atoms with E-state index in [9.17, 15) is 9.59 Å². The van der Waals surface area contributed by atoms with Crippen LogP contribution in [0, 0.1) is 10.8 Å². The number of esters is 2. The number of carbonyl (C=O) groups excluding carboxylic acids is 9. The van der Waals surface area contributed by atoms with Gasteiger partial charge in [0.05, 0.1) is 105 Å². The Bertz CT molecular complexity index is 3180. The predicted octanol–water partition coefficient (Wildman–Crippen LogP) is 0.165. The quantitative estimate of drug-likeness (QED) is 0.0395. The van der Waals surface area contributed by atoms with E-state index in [1.165, 1.54) is 121 Å². The number of nitrogens with one attached hydrogen (secondary N) is 6. The highest BCUT2D eigenvalue weighted by Gasteiger charge is 2.69. The summed E-state index contributed by atoms with van der Waals surface area (Å²) in [4.78, 5) is 143. The highest BCUT2D eigenvalue weighted by molar-refractivity contribution is 6.14. The number of hydrogen-bond donors (Lipinski definition) is 6. The highest BCUT2D eigenvalue weighted by atomic mass is 16.6. The SMILES string of the molecule is COC(=O)C1(NC(=O)C2(NC(=O)C3(C(=O)C4(NC(=O)C5(NC(=O)C6(NC(=O)C7(NC(=O)C8(C(=O)OCc9ccccc9)CC(OC)C(OC)C8)CC(OC)C(OC)C7)CC(OC)C(OC)C6)CC(OC)C(OC)C5)CC(OC)C(OC)C4)CC(OC)C(OC)C3)CC(OC)C(OC)C2)CC(OC)C(OC)C1. The summed E-state index contributed by atoms with van der Waals surface area (Å²) < 4.78 is 106. The van der Waals surface area contributed by atoms with E-state index in [0.29, 0.717) is 5.56 Å². The summed E-state index contributed by atoms with van der Waals surface area (Å²) in [6, 6.07) is 8.89. The van der Waals surface area contributed by atoms with Crippen molar-refractivity contribution in [2.24, 2.45) is 10.8 Å². The van der Waals surface area contributed by atoms with Crippen LogP contribution in [0.4, 0.5) is 0 Å². The van der Waals surface area contributed by atoms with Crippen LogP contribution < -0.4 is 31.9 Å². The van der Waals surface area contributed by atoms with Gasteiger partial charge in [0, 0.05) is 204 Å².